The number of benzene rings is 2. The number of hydrogen-bond acceptors (Lipinski definition) is 0. The smallest absolute Gasteiger partial charge is 0.127 e. The largest absolute Gasteiger partial charge is 0.207 e. The van der Waals surface area contributed by atoms with Crippen LogP contribution in [0.1, 0.15) is 80.0 Å². The van der Waals surface area contributed by atoms with Crippen molar-refractivity contribution in [3.8, 4) is 11.8 Å². The fourth-order valence-corrected chi connectivity index (χ4v) is 5.76. The van der Waals surface area contributed by atoms with Crippen molar-refractivity contribution in [2.45, 2.75) is 64.2 Å². The van der Waals surface area contributed by atoms with Crippen LogP contribution in [0.2, 0.25) is 0 Å². The SMILES string of the molecule is C=CCCc1ccc(C#Cc2ccc(C3CCC4CC(/C=C/C)CCC4C3)c(F)c2)cc1. The van der Waals surface area contributed by atoms with Crippen LogP contribution in [0.25, 0.3) is 0 Å². The Balaban J connectivity index is 1.39. The lowest BCUT2D eigenvalue weighted by molar-refractivity contribution is 0.132. The minimum Gasteiger partial charge on any atom is -0.207 e. The molecule has 166 valence electrons. The van der Waals surface area contributed by atoms with Crippen LogP contribution in [0.15, 0.2) is 67.3 Å². The fourth-order valence-electron chi connectivity index (χ4n) is 5.76. The fraction of sp³-hybridized carbons (Fsp3) is 0.419. The van der Waals surface area contributed by atoms with Gasteiger partial charge in [0.1, 0.15) is 5.82 Å². The number of halogens is 1. The van der Waals surface area contributed by atoms with Crippen LogP contribution >= 0.6 is 0 Å². The topological polar surface area (TPSA) is 0 Å². The third-order valence-corrected chi connectivity index (χ3v) is 7.50. The van der Waals surface area contributed by atoms with Crippen LogP contribution in [0.4, 0.5) is 4.39 Å². The Kier molecular flexibility index (Phi) is 7.64. The van der Waals surface area contributed by atoms with Gasteiger partial charge in [0.2, 0.25) is 0 Å². The number of rotatable bonds is 5. The first kappa shape index (κ1) is 22.6. The summed E-state index contributed by atoms with van der Waals surface area (Å²) in [5.74, 6) is 8.96. The molecule has 2 aliphatic carbocycles. The summed E-state index contributed by atoms with van der Waals surface area (Å²) < 4.78 is 15.0. The first-order valence-electron chi connectivity index (χ1n) is 12.3. The molecule has 0 amide bonds. The Bertz CT molecular complexity index is 1000. The summed E-state index contributed by atoms with van der Waals surface area (Å²) in [6.07, 6.45) is 15.9. The van der Waals surface area contributed by atoms with E-state index in [0.717, 1.165) is 60.1 Å². The second-order valence-corrected chi connectivity index (χ2v) is 9.64. The van der Waals surface area contributed by atoms with Gasteiger partial charge >= 0.3 is 0 Å². The normalized spacial score (nSPS) is 25.1. The third-order valence-electron chi connectivity index (χ3n) is 7.50. The molecule has 0 nitrogen and oxygen atoms in total. The van der Waals surface area contributed by atoms with Gasteiger partial charge in [0, 0.05) is 11.1 Å². The second kappa shape index (κ2) is 10.8. The molecule has 2 aromatic rings. The van der Waals surface area contributed by atoms with Crippen molar-refractivity contribution in [1.29, 1.82) is 0 Å². The van der Waals surface area contributed by atoms with E-state index in [0.29, 0.717) is 5.92 Å². The van der Waals surface area contributed by atoms with Gasteiger partial charge in [0.05, 0.1) is 0 Å². The third kappa shape index (κ3) is 5.60. The first-order chi connectivity index (χ1) is 15.7. The van der Waals surface area contributed by atoms with Gasteiger partial charge in [-0.2, -0.15) is 0 Å². The maximum absolute atomic E-state index is 15.0. The molecule has 2 aliphatic rings. The molecular formula is C31H35F. The molecule has 0 heterocycles. The molecule has 2 aromatic carbocycles. The molecule has 0 bridgehead atoms. The molecule has 0 aromatic heterocycles. The van der Waals surface area contributed by atoms with Gasteiger partial charge in [-0.1, -0.05) is 48.3 Å². The summed E-state index contributed by atoms with van der Waals surface area (Å²) in [6.45, 7) is 5.90. The summed E-state index contributed by atoms with van der Waals surface area (Å²) in [5.41, 5.74) is 3.90. The van der Waals surface area contributed by atoms with Crippen molar-refractivity contribution >= 4 is 0 Å². The zero-order valence-electron chi connectivity index (χ0n) is 19.3. The Hall–Kier alpha value is -2.59. The highest BCUT2D eigenvalue weighted by Crippen LogP contribution is 2.48. The van der Waals surface area contributed by atoms with Crippen LogP contribution in [-0.4, -0.2) is 0 Å². The summed E-state index contributed by atoms with van der Waals surface area (Å²) >= 11 is 0. The van der Waals surface area contributed by atoms with E-state index >= 15 is 4.39 Å². The van der Waals surface area contributed by atoms with Gasteiger partial charge in [-0.05, 0) is 117 Å². The highest BCUT2D eigenvalue weighted by atomic mass is 19.1. The molecule has 0 aliphatic heterocycles. The maximum Gasteiger partial charge on any atom is 0.127 e. The number of aryl methyl sites for hydroxylation is 1. The Morgan fingerprint density at radius 3 is 2.41 bits per heavy atom. The van der Waals surface area contributed by atoms with Gasteiger partial charge in [0.15, 0.2) is 0 Å². The molecule has 32 heavy (non-hydrogen) atoms. The monoisotopic (exact) mass is 426 g/mol. The summed E-state index contributed by atoms with van der Waals surface area (Å²) in [6, 6.07) is 13.9. The van der Waals surface area contributed by atoms with Gasteiger partial charge < -0.3 is 0 Å². The highest BCUT2D eigenvalue weighted by molar-refractivity contribution is 5.45. The lowest BCUT2D eigenvalue weighted by atomic mass is 9.64. The van der Waals surface area contributed by atoms with Gasteiger partial charge in [0.25, 0.3) is 0 Å². The predicted molar refractivity (Wildman–Crippen MR) is 133 cm³/mol. The highest BCUT2D eigenvalue weighted by Gasteiger charge is 2.35. The molecule has 0 radical (unpaired) electrons. The Morgan fingerprint density at radius 1 is 0.938 bits per heavy atom. The van der Waals surface area contributed by atoms with E-state index in [-0.39, 0.29) is 5.82 Å². The van der Waals surface area contributed by atoms with Crippen molar-refractivity contribution in [3.63, 3.8) is 0 Å². The van der Waals surface area contributed by atoms with Crippen LogP contribution in [0.5, 0.6) is 0 Å². The lowest BCUT2D eigenvalue weighted by Crippen LogP contribution is -2.30. The minimum absolute atomic E-state index is 0.0809. The molecule has 0 spiro atoms. The average Bonchev–Trinajstić information content (AvgIpc) is 2.82. The zero-order chi connectivity index (χ0) is 22.3. The van der Waals surface area contributed by atoms with Crippen LogP contribution in [0.3, 0.4) is 0 Å². The predicted octanol–water partition coefficient (Wildman–Crippen LogP) is 8.22. The average molecular weight is 427 g/mol. The molecule has 0 saturated heterocycles. The van der Waals surface area contributed by atoms with E-state index in [2.05, 4.69) is 49.6 Å². The molecule has 4 atom stereocenters. The van der Waals surface area contributed by atoms with Crippen LogP contribution in [0, 0.1) is 35.4 Å². The minimum atomic E-state index is -0.0809. The summed E-state index contributed by atoms with van der Waals surface area (Å²) in [4.78, 5) is 0. The molecule has 0 N–H and O–H groups in total. The van der Waals surface area contributed by atoms with Gasteiger partial charge in [-0.3, -0.25) is 0 Å². The van der Waals surface area contributed by atoms with Gasteiger partial charge in [-0.15, -0.1) is 6.58 Å². The van der Waals surface area contributed by atoms with Crippen molar-refractivity contribution in [2.75, 3.05) is 0 Å². The first-order valence-corrected chi connectivity index (χ1v) is 12.3. The molecular weight excluding hydrogens is 391 g/mol. The van der Waals surface area contributed by atoms with Crippen molar-refractivity contribution in [3.05, 3.63) is 95.3 Å². The van der Waals surface area contributed by atoms with E-state index < -0.39 is 0 Å². The van der Waals surface area contributed by atoms with E-state index in [1.165, 1.54) is 31.2 Å². The van der Waals surface area contributed by atoms with Crippen molar-refractivity contribution in [2.24, 2.45) is 17.8 Å². The van der Waals surface area contributed by atoms with Crippen LogP contribution < -0.4 is 0 Å². The summed E-state index contributed by atoms with van der Waals surface area (Å²) in [7, 11) is 0. The number of hydrogen-bond donors (Lipinski definition) is 0. The Morgan fingerprint density at radius 2 is 1.66 bits per heavy atom. The van der Waals surface area contributed by atoms with E-state index in [9.17, 15) is 0 Å². The zero-order valence-corrected chi connectivity index (χ0v) is 19.3. The van der Waals surface area contributed by atoms with E-state index in [1.807, 2.05) is 30.3 Å². The molecule has 4 unspecified atom stereocenters. The Labute approximate surface area is 193 Å². The van der Waals surface area contributed by atoms with Crippen molar-refractivity contribution < 1.29 is 4.39 Å². The molecule has 1 heteroatoms. The quantitative estimate of drug-likeness (QED) is 0.334. The summed E-state index contributed by atoms with van der Waals surface area (Å²) in [5, 5.41) is 0. The maximum atomic E-state index is 15.0. The molecule has 2 saturated carbocycles. The number of fused-ring (bicyclic) bond motifs is 1. The second-order valence-electron chi connectivity index (χ2n) is 9.64. The van der Waals surface area contributed by atoms with Crippen molar-refractivity contribution in [1.82, 2.24) is 0 Å². The van der Waals surface area contributed by atoms with Crippen LogP contribution in [-0.2, 0) is 6.42 Å². The van der Waals surface area contributed by atoms with Gasteiger partial charge in [-0.25, -0.2) is 4.39 Å². The van der Waals surface area contributed by atoms with E-state index in [4.69, 9.17) is 0 Å². The lowest BCUT2D eigenvalue weighted by Gasteiger charge is -2.41. The standard InChI is InChI=1S/C31H35F/c1-3-5-7-23-8-10-24(11-9-23)12-13-26-15-19-30(31(32)21-26)29-18-17-27-20-25(6-4-2)14-16-28(27)22-29/h3-4,6,8-11,15,19,21,25,27-29H,1,5,7,14,16-18,20,22H2,2H3/b6-4+. The molecule has 2 fully saturated rings. The molecule has 4 rings (SSSR count). The number of allylic oxidation sites excluding steroid dienone is 3. The van der Waals surface area contributed by atoms with E-state index in [1.54, 1.807) is 6.07 Å².